The first-order valence-corrected chi connectivity index (χ1v) is 20.6. The van der Waals surface area contributed by atoms with E-state index in [0.717, 1.165) is 32.1 Å². The highest BCUT2D eigenvalue weighted by Gasteiger charge is 2.25. The summed E-state index contributed by atoms with van der Waals surface area (Å²) in [6, 6.07) is -1.35. The van der Waals surface area contributed by atoms with Crippen LogP contribution in [-0.2, 0) is 37.5 Å². The average Bonchev–Trinajstić information content (AvgIpc) is 3.07. The minimum Gasteiger partial charge on any atom is -0.381 e. The molecule has 0 aliphatic carbocycles. The van der Waals surface area contributed by atoms with Crippen molar-refractivity contribution < 1.29 is 42.4 Å². The lowest BCUT2D eigenvalue weighted by Gasteiger charge is -2.22. The molecule has 0 saturated heterocycles. The molecule has 1 unspecified atom stereocenters. The van der Waals surface area contributed by atoms with Crippen molar-refractivity contribution in [3.63, 3.8) is 0 Å². The molecule has 0 heterocycles. The molecular formula is C36H72N3O9P. The number of phosphoric acid groups is 1. The van der Waals surface area contributed by atoms with Gasteiger partial charge in [0.05, 0.1) is 32.0 Å². The third-order valence-corrected chi connectivity index (χ3v) is 9.42. The number of methoxy groups -OCH3 is 1. The van der Waals surface area contributed by atoms with E-state index in [-0.39, 0.29) is 44.3 Å². The lowest BCUT2D eigenvalue weighted by molar-refractivity contribution is -0.128. The Morgan fingerprint density at radius 1 is 0.714 bits per heavy atom. The van der Waals surface area contributed by atoms with Gasteiger partial charge in [0, 0.05) is 33.6 Å². The Balaban J connectivity index is 4.73. The maximum atomic E-state index is 12.8. The minimum atomic E-state index is -4.48. The van der Waals surface area contributed by atoms with Crippen LogP contribution in [0.4, 0.5) is 0 Å². The van der Waals surface area contributed by atoms with Crippen LogP contribution in [0.2, 0.25) is 0 Å². The fraction of sp³-hybridized carbons (Fsp3) is 0.917. The summed E-state index contributed by atoms with van der Waals surface area (Å²) in [7, 11) is -2.77. The van der Waals surface area contributed by atoms with Gasteiger partial charge in [0.2, 0.25) is 17.7 Å². The second-order valence-electron chi connectivity index (χ2n) is 13.0. The molecule has 0 radical (unpaired) electrons. The van der Waals surface area contributed by atoms with Crippen LogP contribution in [0, 0.1) is 0 Å². The summed E-state index contributed by atoms with van der Waals surface area (Å²) in [5, 5.41) is 8.00. The van der Waals surface area contributed by atoms with Crippen molar-refractivity contribution in [3.8, 4) is 0 Å². The fourth-order valence-corrected chi connectivity index (χ4v) is 6.22. The smallest absolute Gasteiger partial charge is 0.381 e. The molecule has 0 saturated carbocycles. The highest BCUT2D eigenvalue weighted by atomic mass is 31.2. The average molecular weight is 722 g/mol. The second kappa shape index (κ2) is 32.4. The first-order valence-electron chi connectivity index (χ1n) is 19.1. The molecule has 0 fully saturated rings. The third-order valence-electron chi connectivity index (χ3n) is 8.44. The second-order valence-corrected chi connectivity index (χ2v) is 14.5. The maximum absolute atomic E-state index is 12.8. The standard InChI is InChI=1S/C36H72N3O9P/c1-6-9-11-13-14-15-16-17-18-20-22-24-35(41)39-32(29-46-27-25-33(45-5)23-21-19-12-10-7-2)30-48-49(43,44)47-28-26-37-36(42)34(8-3)38-31(4)40/h32-34H,6-30H2,1-5H3,(H,37,42)(H,38,40)(H,39,41)(H,43,44)/t32-,33-,34+/m1/s1. The van der Waals surface area contributed by atoms with E-state index in [4.69, 9.17) is 18.5 Å². The van der Waals surface area contributed by atoms with Crippen LogP contribution >= 0.6 is 7.82 Å². The SMILES string of the molecule is CCCCCCCCCCCCCC(=O)N[C@H](COCC[C@@H](CCCCCCC)OC)COP(=O)(O)OCCNC(=O)[C@H](CC)NC(C)=O. The Bertz CT molecular complexity index is 881. The van der Waals surface area contributed by atoms with E-state index in [1.807, 2.05) is 0 Å². The van der Waals surface area contributed by atoms with Gasteiger partial charge < -0.3 is 30.3 Å². The van der Waals surface area contributed by atoms with Gasteiger partial charge in [-0.2, -0.15) is 0 Å². The fourth-order valence-electron chi connectivity index (χ4n) is 5.46. The summed E-state index contributed by atoms with van der Waals surface area (Å²) >= 11 is 0. The van der Waals surface area contributed by atoms with Gasteiger partial charge in [0.15, 0.2) is 0 Å². The Morgan fingerprint density at radius 2 is 1.29 bits per heavy atom. The highest BCUT2D eigenvalue weighted by Crippen LogP contribution is 2.42. The number of carbonyl (C=O) groups excluding carboxylic acids is 3. The van der Waals surface area contributed by atoms with Gasteiger partial charge in [-0.3, -0.25) is 23.4 Å². The number of carbonyl (C=O) groups is 3. The van der Waals surface area contributed by atoms with Gasteiger partial charge in [-0.1, -0.05) is 117 Å². The molecule has 0 aromatic carbocycles. The molecule has 0 rings (SSSR count). The molecule has 13 heteroatoms. The van der Waals surface area contributed by atoms with Crippen molar-refractivity contribution in [1.82, 2.24) is 16.0 Å². The molecule has 12 nitrogen and oxygen atoms in total. The normalized spacial score (nSPS) is 14.5. The van der Waals surface area contributed by atoms with Crippen LogP contribution in [0.3, 0.4) is 0 Å². The van der Waals surface area contributed by atoms with Crippen molar-refractivity contribution >= 4 is 25.5 Å². The summed E-state index contributed by atoms with van der Waals surface area (Å²) in [4.78, 5) is 46.5. The molecule has 4 N–H and O–H groups in total. The predicted molar refractivity (Wildman–Crippen MR) is 195 cm³/mol. The number of amides is 3. The summed E-state index contributed by atoms with van der Waals surface area (Å²) < 4.78 is 34.3. The van der Waals surface area contributed by atoms with Crippen LogP contribution in [0.25, 0.3) is 0 Å². The number of hydrogen-bond acceptors (Lipinski definition) is 8. The molecule has 0 aliphatic rings. The summed E-state index contributed by atoms with van der Waals surface area (Å²) in [6.07, 6.45) is 21.6. The number of phosphoric ester groups is 1. The molecule has 49 heavy (non-hydrogen) atoms. The van der Waals surface area contributed by atoms with Crippen LogP contribution in [-0.4, -0.2) is 80.9 Å². The van der Waals surface area contributed by atoms with Crippen LogP contribution in [0.1, 0.15) is 156 Å². The minimum absolute atomic E-state index is 0.0513. The summed E-state index contributed by atoms with van der Waals surface area (Å²) in [5.41, 5.74) is 0. The Hall–Kier alpha value is -1.56. The van der Waals surface area contributed by atoms with E-state index < -0.39 is 25.8 Å². The molecule has 0 aliphatic heterocycles. The van der Waals surface area contributed by atoms with Crippen molar-refractivity contribution in [2.45, 2.75) is 174 Å². The number of rotatable bonds is 35. The largest absolute Gasteiger partial charge is 0.472 e. The van der Waals surface area contributed by atoms with E-state index in [0.29, 0.717) is 25.9 Å². The summed E-state index contributed by atoms with van der Waals surface area (Å²) in [5.74, 6) is -0.900. The zero-order valence-corrected chi connectivity index (χ0v) is 32.5. The first-order chi connectivity index (χ1) is 23.6. The van der Waals surface area contributed by atoms with E-state index in [1.165, 1.54) is 84.0 Å². The number of hydrogen-bond donors (Lipinski definition) is 4. The lowest BCUT2D eigenvalue weighted by atomic mass is 10.1. The van der Waals surface area contributed by atoms with E-state index in [1.54, 1.807) is 14.0 Å². The maximum Gasteiger partial charge on any atom is 0.472 e. The molecule has 0 spiro atoms. The third kappa shape index (κ3) is 29.8. The monoisotopic (exact) mass is 722 g/mol. The molecular weight excluding hydrogens is 649 g/mol. The zero-order chi connectivity index (χ0) is 36.6. The molecule has 4 atom stereocenters. The van der Waals surface area contributed by atoms with Crippen molar-refractivity contribution in [2.24, 2.45) is 0 Å². The van der Waals surface area contributed by atoms with Gasteiger partial charge in [0.1, 0.15) is 6.04 Å². The Kier molecular flexibility index (Phi) is 31.3. The van der Waals surface area contributed by atoms with E-state index in [9.17, 15) is 23.8 Å². The van der Waals surface area contributed by atoms with Crippen molar-refractivity contribution in [1.29, 1.82) is 0 Å². The Labute approximate surface area is 297 Å². The van der Waals surface area contributed by atoms with Crippen LogP contribution in [0.15, 0.2) is 0 Å². The summed E-state index contributed by atoms with van der Waals surface area (Å²) in [6.45, 7) is 7.43. The number of nitrogens with one attached hydrogen (secondary N) is 3. The molecule has 0 aromatic rings. The molecule has 0 aromatic heterocycles. The Morgan fingerprint density at radius 3 is 1.84 bits per heavy atom. The van der Waals surface area contributed by atoms with Gasteiger partial charge in [-0.15, -0.1) is 0 Å². The van der Waals surface area contributed by atoms with Gasteiger partial charge in [-0.25, -0.2) is 4.57 Å². The van der Waals surface area contributed by atoms with Gasteiger partial charge in [-0.05, 0) is 25.7 Å². The zero-order valence-electron chi connectivity index (χ0n) is 31.6. The van der Waals surface area contributed by atoms with Gasteiger partial charge in [0.25, 0.3) is 0 Å². The molecule has 3 amide bonds. The van der Waals surface area contributed by atoms with Gasteiger partial charge >= 0.3 is 7.82 Å². The van der Waals surface area contributed by atoms with Crippen LogP contribution in [0.5, 0.6) is 0 Å². The first kappa shape index (κ1) is 47.4. The molecule has 0 bridgehead atoms. The molecule has 290 valence electrons. The van der Waals surface area contributed by atoms with Crippen molar-refractivity contribution in [3.05, 3.63) is 0 Å². The predicted octanol–water partition coefficient (Wildman–Crippen LogP) is 7.12. The lowest BCUT2D eigenvalue weighted by Crippen LogP contribution is -2.46. The topological polar surface area (TPSA) is 162 Å². The highest BCUT2D eigenvalue weighted by molar-refractivity contribution is 7.47. The van der Waals surface area contributed by atoms with Crippen LogP contribution < -0.4 is 16.0 Å². The van der Waals surface area contributed by atoms with E-state index >= 15 is 0 Å². The quantitative estimate of drug-likeness (QED) is 0.0395. The number of unbranched alkanes of at least 4 members (excludes halogenated alkanes) is 14. The van der Waals surface area contributed by atoms with Crippen molar-refractivity contribution in [2.75, 3.05) is 40.1 Å². The number of ether oxygens (including phenoxy) is 2. The van der Waals surface area contributed by atoms with E-state index in [2.05, 4.69) is 29.8 Å².